The van der Waals surface area contributed by atoms with Gasteiger partial charge in [-0.25, -0.2) is 14.2 Å². The van der Waals surface area contributed by atoms with Crippen LogP contribution in [0.4, 0.5) is 34.2 Å². The Labute approximate surface area is 205 Å². The minimum Gasteiger partial charge on any atom is -0.447 e. The maximum Gasteiger partial charge on any atom is 0.437 e. The predicted octanol–water partition coefficient (Wildman–Crippen LogP) is 3.73. The number of carbonyl (C=O) groups excluding carboxylic acids is 2. The molecule has 2 saturated heterocycles. The summed E-state index contributed by atoms with van der Waals surface area (Å²) in [6.45, 7) is 1.74. The van der Waals surface area contributed by atoms with Crippen molar-refractivity contribution in [2.24, 2.45) is 0 Å². The number of hydrogen-bond acceptors (Lipinski definition) is 8. The molecule has 0 saturated carbocycles. The van der Waals surface area contributed by atoms with Gasteiger partial charge in [0.25, 0.3) is 6.01 Å². The van der Waals surface area contributed by atoms with E-state index in [0.717, 1.165) is 19.3 Å². The number of Topliss-reactive ketones (excluding diaryl/α,β-unsaturated/α-hetero) is 1. The van der Waals surface area contributed by atoms with Gasteiger partial charge in [-0.15, -0.1) is 0 Å². The standard InChI is InChI=1S/C23H27F4N5O4/c24-6-13-35-22(34)32-11-9-30(10-12-32)18-5-4-16(15-28-18)14-17(33)19-20(23(25,26)27)29-21(36-19)31-7-2-1-3-8-31/h4-5,15H,1-3,6-14H2. The SMILES string of the molecule is O=C(Cc1ccc(N2CCN(C(=O)OCCF)CC2)nc1)c1oc(N2CCCCC2)nc1C(F)(F)F. The summed E-state index contributed by atoms with van der Waals surface area (Å²) in [4.78, 5) is 37.6. The number of carbonyl (C=O) groups is 2. The minimum absolute atomic E-state index is 0.174. The van der Waals surface area contributed by atoms with Crippen LogP contribution in [0.25, 0.3) is 0 Å². The lowest BCUT2D eigenvalue weighted by Crippen LogP contribution is -2.49. The van der Waals surface area contributed by atoms with Crippen LogP contribution >= 0.6 is 0 Å². The highest BCUT2D eigenvalue weighted by molar-refractivity contribution is 5.96. The molecule has 0 spiro atoms. The molecule has 1 amide bonds. The number of alkyl halides is 4. The van der Waals surface area contributed by atoms with Crippen molar-refractivity contribution < 1.29 is 36.3 Å². The maximum atomic E-state index is 13.6. The average Bonchev–Trinajstić information content (AvgIpc) is 3.35. The lowest BCUT2D eigenvalue weighted by Gasteiger charge is -2.34. The Bertz CT molecular complexity index is 1050. The summed E-state index contributed by atoms with van der Waals surface area (Å²) in [5.41, 5.74) is -0.873. The van der Waals surface area contributed by atoms with E-state index in [-0.39, 0.29) is 19.0 Å². The summed E-state index contributed by atoms with van der Waals surface area (Å²) in [5.74, 6) is -1.01. The molecule has 0 N–H and O–H groups in total. The van der Waals surface area contributed by atoms with Crippen LogP contribution in [0.2, 0.25) is 0 Å². The number of ketones is 1. The molecule has 2 aliphatic rings. The van der Waals surface area contributed by atoms with Crippen LogP contribution in [0.15, 0.2) is 22.7 Å². The van der Waals surface area contributed by atoms with Gasteiger partial charge < -0.3 is 23.9 Å². The number of aromatic nitrogens is 2. The fourth-order valence-electron chi connectivity index (χ4n) is 4.22. The summed E-state index contributed by atoms with van der Waals surface area (Å²) in [5, 5.41) is 0. The Morgan fingerprint density at radius 1 is 1.00 bits per heavy atom. The molecule has 2 aromatic rings. The van der Waals surface area contributed by atoms with Gasteiger partial charge in [0.15, 0.2) is 5.69 Å². The van der Waals surface area contributed by atoms with Crippen molar-refractivity contribution in [1.82, 2.24) is 14.9 Å². The smallest absolute Gasteiger partial charge is 0.437 e. The average molecular weight is 513 g/mol. The molecule has 36 heavy (non-hydrogen) atoms. The largest absolute Gasteiger partial charge is 0.447 e. The number of hydrogen-bond donors (Lipinski definition) is 0. The Kier molecular flexibility index (Phi) is 7.94. The van der Waals surface area contributed by atoms with Crippen molar-refractivity contribution in [3.05, 3.63) is 35.3 Å². The van der Waals surface area contributed by atoms with E-state index >= 15 is 0 Å². The minimum atomic E-state index is -4.81. The molecule has 0 aromatic carbocycles. The van der Waals surface area contributed by atoms with Gasteiger partial charge in [0, 0.05) is 51.9 Å². The van der Waals surface area contributed by atoms with Crippen molar-refractivity contribution in [3.8, 4) is 0 Å². The van der Waals surface area contributed by atoms with Crippen molar-refractivity contribution in [2.75, 3.05) is 62.3 Å². The Morgan fingerprint density at radius 2 is 1.72 bits per heavy atom. The van der Waals surface area contributed by atoms with Crippen LogP contribution in [0.5, 0.6) is 0 Å². The number of oxazole rings is 1. The van der Waals surface area contributed by atoms with Gasteiger partial charge in [-0.05, 0) is 30.9 Å². The number of pyridine rings is 1. The third-order valence-corrected chi connectivity index (χ3v) is 6.10. The van der Waals surface area contributed by atoms with Gasteiger partial charge >= 0.3 is 12.3 Å². The van der Waals surface area contributed by atoms with Crippen molar-refractivity contribution in [3.63, 3.8) is 0 Å². The molecule has 196 valence electrons. The zero-order valence-electron chi connectivity index (χ0n) is 19.6. The molecular formula is C23H27F4N5O4. The first-order valence-electron chi connectivity index (χ1n) is 11.8. The van der Waals surface area contributed by atoms with Gasteiger partial charge in [0.05, 0.1) is 0 Å². The third-order valence-electron chi connectivity index (χ3n) is 6.10. The van der Waals surface area contributed by atoms with Gasteiger partial charge in [0.1, 0.15) is 19.1 Å². The topological polar surface area (TPSA) is 92.0 Å². The molecule has 4 rings (SSSR count). The van der Waals surface area contributed by atoms with Gasteiger partial charge in [-0.2, -0.15) is 18.2 Å². The van der Waals surface area contributed by atoms with Crippen molar-refractivity contribution in [2.45, 2.75) is 31.9 Å². The Morgan fingerprint density at radius 3 is 2.33 bits per heavy atom. The second kappa shape index (κ2) is 11.1. The number of ether oxygens (including phenoxy) is 1. The van der Waals surface area contributed by atoms with Gasteiger partial charge in [-0.3, -0.25) is 4.79 Å². The van der Waals surface area contributed by atoms with E-state index in [1.807, 2.05) is 4.90 Å². The maximum absolute atomic E-state index is 13.6. The number of amides is 1. The number of anilines is 2. The molecular weight excluding hydrogens is 486 g/mol. The van der Waals surface area contributed by atoms with Gasteiger partial charge in [0.2, 0.25) is 11.5 Å². The predicted molar refractivity (Wildman–Crippen MR) is 121 cm³/mol. The second-order valence-corrected chi connectivity index (χ2v) is 8.62. The fraction of sp³-hybridized carbons (Fsp3) is 0.565. The number of piperazine rings is 1. The number of rotatable bonds is 7. The van der Waals surface area contributed by atoms with Gasteiger partial charge in [-0.1, -0.05) is 6.07 Å². The molecule has 13 heteroatoms. The van der Waals surface area contributed by atoms with Crippen LogP contribution < -0.4 is 9.80 Å². The first-order chi connectivity index (χ1) is 17.3. The Balaban J connectivity index is 1.39. The summed E-state index contributed by atoms with van der Waals surface area (Å²) in [6.07, 6.45) is -1.63. The number of nitrogens with zero attached hydrogens (tertiary/aromatic N) is 5. The third kappa shape index (κ3) is 6.05. The summed E-state index contributed by atoms with van der Waals surface area (Å²) >= 11 is 0. The van der Waals surface area contributed by atoms with E-state index in [0.29, 0.717) is 50.6 Å². The molecule has 0 atom stereocenters. The van der Waals surface area contributed by atoms with E-state index in [1.54, 1.807) is 17.0 Å². The van der Waals surface area contributed by atoms with E-state index in [2.05, 4.69) is 9.97 Å². The molecule has 0 radical (unpaired) electrons. The van der Waals surface area contributed by atoms with E-state index in [9.17, 15) is 27.2 Å². The highest BCUT2D eigenvalue weighted by Gasteiger charge is 2.41. The van der Waals surface area contributed by atoms with E-state index in [1.165, 1.54) is 11.1 Å². The van der Waals surface area contributed by atoms with Crippen LogP contribution in [0.1, 0.15) is 41.1 Å². The summed E-state index contributed by atoms with van der Waals surface area (Å²) < 4.78 is 63.0. The first kappa shape index (κ1) is 25.7. The lowest BCUT2D eigenvalue weighted by atomic mass is 10.1. The van der Waals surface area contributed by atoms with Crippen LogP contribution in [-0.4, -0.2) is 79.3 Å². The molecule has 2 aliphatic heterocycles. The molecule has 2 aromatic heterocycles. The molecule has 0 unspecified atom stereocenters. The number of piperidine rings is 1. The van der Waals surface area contributed by atoms with Crippen molar-refractivity contribution >= 4 is 23.7 Å². The van der Waals surface area contributed by atoms with E-state index < -0.39 is 36.2 Å². The molecule has 0 bridgehead atoms. The molecule has 9 nitrogen and oxygen atoms in total. The van der Waals surface area contributed by atoms with Crippen LogP contribution in [0, 0.1) is 0 Å². The van der Waals surface area contributed by atoms with E-state index in [4.69, 9.17) is 9.15 Å². The summed E-state index contributed by atoms with van der Waals surface area (Å²) in [7, 11) is 0. The fourth-order valence-corrected chi connectivity index (χ4v) is 4.22. The highest BCUT2D eigenvalue weighted by Crippen LogP contribution is 2.35. The molecule has 0 aliphatic carbocycles. The zero-order valence-corrected chi connectivity index (χ0v) is 19.6. The lowest BCUT2D eigenvalue weighted by molar-refractivity contribution is -0.141. The summed E-state index contributed by atoms with van der Waals surface area (Å²) in [6, 6.07) is 3.12. The monoisotopic (exact) mass is 513 g/mol. The van der Waals surface area contributed by atoms with Crippen molar-refractivity contribution in [1.29, 1.82) is 0 Å². The first-order valence-corrected chi connectivity index (χ1v) is 11.8. The van der Waals surface area contributed by atoms with Crippen LogP contribution in [0.3, 0.4) is 0 Å². The molecule has 4 heterocycles. The van der Waals surface area contributed by atoms with Crippen LogP contribution in [-0.2, 0) is 17.3 Å². The molecule has 2 fully saturated rings. The normalized spacial score (nSPS) is 16.8. The quantitative estimate of drug-likeness (QED) is 0.409. The zero-order chi connectivity index (χ0) is 25.7. The second-order valence-electron chi connectivity index (χ2n) is 8.62. The Hall–Kier alpha value is -3.38. The number of halogens is 4. The highest BCUT2D eigenvalue weighted by atomic mass is 19.4.